The van der Waals surface area contributed by atoms with E-state index >= 15 is 0 Å². The molecule has 102 valence electrons. The first-order valence-electron chi connectivity index (χ1n) is 5.86. The topological polar surface area (TPSA) is 58.6 Å². The minimum absolute atomic E-state index is 0.164. The Labute approximate surface area is 105 Å². The smallest absolute Gasteiger partial charge is 0.214 e. The number of hydrogen-bond acceptors (Lipinski definition) is 4. The molecule has 0 amide bonds. The van der Waals surface area contributed by atoms with Crippen LogP contribution in [-0.4, -0.2) is 58.4 Å². The third-order valence-electron chi connectivity index (χ3n) is 2.28. The predicted molar refractivity (Wildman–Crippen MR) is 70.6 cm³/mol. The average Bonchev–Trinajstić information content (AvgIpc) is 2.30. The Kier molecular flexibility index (Phi) is 9.34. The third-order valence-corrected chi connectivity index (χ3v) is 4.20. The van der Waals surface area contributed by atoms with Crippen LogP contribution in [0.5, 0.6) is 0 Å². The number of nitrogens with one attached hydrogen (secondary N) is 1. The van der Waals surface area contributed by atoms with Gasteiger partial charge in [-0.2, -0.15) is 4.31 Å². The lowest BCUT2D eigenvalue weighted by atomic mass is 10.5. The summed E-state index contributed by atoms with van der Waals surface area (Å²) in [7, 11) is -1.64. The molecule has 0 radical (unpaired) electrons. The van der Waals surface area contributed by atoms with Crippen LogP contribution < -0.4 is 5.32 Å². The Morgan fingerprint density at radius 2 is 2.18 bits per heavy atom. The van der Waals surface area contributed by atoms with Crippen LogP contribution in [0.1, 0.15) is 13.3 Å². The molecule has 0 aliphatic rings. The first kappa shape index (κ1) is 16.6. The Morgan fingerprint density at radius 3 is 2.71 bits per heavy atom. The lowest BCUT2D eigenvalue weighted by Crippen LogP contribution is -2.36. The summed E-state index contributed by atoms with van der Waals surface area (Å²) < 4.78 is 30.3. The maximum Gasteiger partial charge on any atom is 0.214 e. The van der Waals surface area contributed by atoms with Gasteiger partial charge >= 0.3 is 0 Å². The molecule has 0 aromatic heterocycles. The van der Waals surface area contributed by atoms with Crippen molar-refractivity contribution in [1.29, 1.82) is 0 Å². The minimum Gasteiger partial charge on any atom is -0.383 e. The van der Waals surface area contributed by atoms with Crippen LogP contribution in [0.25, 0.3) is 0 Å². The van der Waals surface area contributed by atoms with Crippen LogP contribution in [0.4, 0.5) is 0 Å². The highest BCUT2D eigenvalue weighted by Gasteiger charge is 2.19. The molecule has 0 fully saturated rings. The molecule has 0 spiro atoms. The largest absolute Gasteiger partial charge is 0.383 e. The quantitative estimate of drug-likeness (QED) is 0.435. The lowest BCUT2D eigenvalue weighted by molar-refractivity contribution is 0.182. The maximum absolute atomic E-state index is 12.0. The second-order valence-electron chi connectivity index (χ2n) is 3.66. The van der Waals surface area contributed by atoms with E-state index in [1.54, 1.807) is 13.2 Å². The van der Waals surface area contributed by atoms with Gasteiger partial charge in [0, 0.05) is 20.2 Å². The van der Waals surface area contributed by atoms with Crippen molar-refractivity contribution < 1.29 is 13.2 Å². The summed E-state index contributed by atoms with van der Waals surface area (Å²) in [5.74, 6) is 0.164. The van der Waals surface area contributed by atoms with Gasteiger partial charge in [0.2, 0.25) is 10.0 Å². The van der Waals surface area contributed by atoms with E-state index in [1.165, 1.54) is 4.31 Å². The van der Waals surface area contributed by atoms with Crippen molar-refractivity contribution in [3.63, 3.8) is 0 Å². The first-order chi connectivity index (χ1) is 8.08. The normalized spacial score (nSPS) is 11.9. The zero-order valence-corrected chi connectivity index (χ0v) is 11.6. The summed E-state index contributed by atoms with van der Waals surface area (Å²) in [5.41, 5.74) is 0. The van der Waals surface area contributed by atoms with Crippen molar-refractivity contribution in [2.45, 2.75) is 13.3 Å². The van der Waals surface area contributed by atoms with Crippen molar-refractivity contribution in [1.82, 2.24) is 9.62 Å². The monoisotopic (exact) mass is 264 g/mol. The number of sulfonamides is 1. The standard InChI is InChI=1S/C11H24N2O3S/c1-4-8-13(9-10-16-3)17(14,15)11-6-7-12-5-2/h4,12H,1,5-11H2,2-3H3. The van der Waals surface area contributed by atoms with Gasteiger partial charge in [-0.25, -0.2) is 8.42 Å². The van der Waals surface area contributed by atoms with Crippen molar-refractivity contribution in [2.75, 3.05) is 45.6 Å². The molecule has 6 heteroatoms. The molecular formula is C11H24N2O3S. The molecule has 0 unspecified atom stereocenters. The second-order valence-corrected chi connectivity index (χ2v) is 5.75. The first-order valence-corrected chi connectivity index (χ1v) is 7.47. The van der Waals surface area contributed by atoms with Crippen molar-refractivity contribution in [2.24, 2.45) is 0 Å². The zero-order valence-electron chi connectivity index (χ0n) is 10.8. The molecule has 0 aromatic rings. The Hall–Kier alpha value is -0.430. The van der Waals surface area contributed by atoms with Crippen LogP contribution in [0, 0.1) is 0 Å². The molecule has 5 nitrogen and oxygen atoms in total. The highest BCUT2D eigenvalue weighted by molar-refractivity contribution is 7.89. The predicted octanol–water partition coefficient (Wildman–Crippen LogP) is 0.450. The van der Waals surface area contributed by atoms with Crippen LogP contribution in [0.15, 0.2) is 12.7 Å². The van der Waals surface area contributed by atoms with Gasteiger partial charge < -0.3 is 10.1 Å². The van der Waals surface area contributed by atoms with Gasteiger partial charge in [0.1, 0.15) is 0 Å². The number of nitrogens with zero attached hydrogens (tertiary/aromatic N) is 1. The summed E-state index contributed by atoms with van der Waals surface area (Å²) in [6, 6.07) is 0. The second kappa shape index (κ2) is 9.58. The van der Waals surface area contributed by atoms with Gasteiger partial charge in [-0.3, -0.25) is 0 Å². The summed E-state index contributed by atoms with van der Waals surface area (Å²) in [4.78, 5) is 0. The van der Waals surface area contributed by atoms with E-state index in [2.05, 4.69) is 11.9 Å². The molecule has 0 saturated heterocycles. The highest BCUT2D eigenvalue weighted by atomic mass is 32.2. The van der Waals surface area contributed by atoms with Crippen molar-refractivity contribution in [3.05, 3.63) is 12.7 Å². The third kappa shape index (κ3) is 7.49. The van der Waals surface area contributed by atoms with Crippen LogP contribution in [-0.2, 0) is 14.8 Å². The molecule has 0 bridgehead atoms. The van der Waals surface area contributed by atoms with Crippen LogP contribution in [0.2, 0.25) is 0 Å². The molecule has 0 aromatic carbocycles. The molecule has 0 atom stereocenters. The minimum atomic E-state index is -3.20. The number of hydrogen-bond donors (Lipinski definition) is 1. The molecule has 17 heavy (non-hydrogen) atoms. The number of methoxy groups -OCH3 is 1. The fourth-order valence-electron chi connectivity index (χ4n) is 1.37. The molecule has 0 rings (SSSR count). The maximum atomic E-state index is 12.0. The summed E-state index contributed by atoms with van der Waals surface area (Å²) >= 11 is 0. The van der Waals surface area contributed by atoms with E-state index in [1.807, 2.05) is 6.92 Å². The molecule has 0 aliphatic heterocycles. The van der Waals surface area contributed by atoms with E-state index in [-0.39, 0.29) is 5.75 Å². The van der Waals surface area contributed by atoms with Gasteiger partial charge in [0.05, 0.1) is 12.4 Å². The Morgan fingerprint density at radius 1 is 1.47 bits per heavy atom. The van der Waals surface area contributed by atoms with Crippen molar-refractivity contribution in [3.8, 4) is 0 Å². The van der Waals surface area contributed by atoms with E-state index in [0.29, 0.717) is 26.1 Å². The summed E-state index contributed by atoms with van der Waals surface area (Å²) in [5, 5.41) is 3.11. The SMILES string of the molecule is C=CCN(CCOC)S(=O)(=O)CCCNCC. The molecule has 1 N–H and O–H groups in total. The molecular weight excluding hydrogens is 240 g/mol. The van der Waals surface area contributed by atoms with Crippen LogP contribution in [0.3, 0.4) is 0 Å². The van der Waals surface area contributed by atoms with Gasteiger partial charge in [-0.15, -0.1) is 6.58 Å². The summed E-state index contributed by atoms with van der Waals surface area (Å²) in [6.45, 7) is 8.28. The fourth-order valence-corrected chi connectivity index (χ4v) is 2.82. The Balaban J connectivity index is 4.23. The molecule has 0 aliphatic carbocycles. The lowest BCUT2D eigenvalue weighted by Gasteiger charge is -2.20. The van der Waals surface area contributed by atoms with E-state index in [4.69, 9.17) is 4.74 Å². The van der Waals surface area contributed by atoms with Gasteiger partial charge in [-0.05, 0) is 19.5 Å². The average molecular weight is 264 g/mol. The molecule has 0 saturated carbocycles. The van der Waals surface area contributed by atoms with E-state index in [9.17, 15) is 8.42 Å². The van der Waals surface area contributed by atoms with Crippen LogP contribution >= 0.6 is 0 Å². The van der Waals surface area contributed by atoms with Gasteiger partial charge in [0.25, 0.3) is 0 Å². The van der Waals surface area contributed by atoms with E-state index in [0.717, 1.165) is 13.1 Å². The van der Waals surface area contributed by atoms with E-state index < -0.39 is 10.0 Å². The molecule has 0 heterocycles. The number of rotatable bonds is 11. The Bertz CT molecular complexity index is 291. The zero-order chi connectivity index (χ0) is 13.1. The summed E-state index contributed by atoms with van der Waals surface area (Å²) in [6.07, 6.45) is 2.22. The highest BCUT2D eigenvalue weighted by Crippen LogP contribution is 2.03. The van der Waals surface area contributed by atoms with Gasteiger partial charge in [0.15, 0.2) is 0 Å². The fraction of sp³-hybridized carbons (Fsp3) is 0.818. The van der Waals surface area contributed by atoms with Gasteiger partial charge in [-0.1, -0.05) is 13.0 Å². The number of ether oxygens (including phenoxy) is 1. The van der Waals surface area contributed by atoms with Crippen molar-refractivity contribution >= 4 is 10.0 Å².